The number of nitrogens with zero attached hydrogens (tertiary/aromatic N) is 2. The van der Waals surface area contributed by atoms with Crippen molar-refractivity contribution in [2.75, 3.05) is 33.0 Å². The summed E-state index contributed by atoms with van der Waals surface area (Å²) in [5, 5.41) is 11.1. The van der Waals surface area contributed by atoms with E-state index in [1.165, 1.54) is 23.1 Å². The SMILES string of the molecule is NC(=S)C12CCN(C(=O)c3ccc(OCCOC(F)(F)F)c(Cl)c3)CC1N(O)CO2. The first kappa shape index (κ1) is 23.0. The molecule has 0 aliphatic carbocycles. The number of alkyl halides is 3. The average Bonchev–Trinajstić information content (AvgIpc) is 3.02. The third kappa shape index (κ3) is 4.79. The highest BCUT2D eigenvalue weighted by molar-refractivity contribution is 7.80. The molecule has 30 heavy (non-hydrogen) atoms. The number of benzene rings is 1. The molecule has 0 aromatic heterocycles. The van der Waals surface area contributed by atoms with Gasteiger partial charge in [-0.1, -0.05) is 23.8 Å². The summed E-state index contributed by atoms with van der Waals surface area (Å²) >= 11 is 11.2. The largest absolute Gasteiger partial charge is 0.522 e. The predicted octanol–water partition coefficient (Wildman–Crippen LogP) is 2.17. The maximum atomic E-state index is 12.9. The Morgan fingerprint density at radius 3 is 2.80 bits per heavy atom. The number of halogens is 4. The van der Waals surface area contributed by atoms with E-state index in [9.17, 15) is 23.2 Å². The van der Waals surface area contributed by atoms with Gasteiger partial charge in [0, 0.05) is 25.1 Å². The minimum Gasteiger partial charge on any atom is -0.490 e. The van der Waals surface area contributed by atoms with Crippen molar-refractivity contribution in [2.24, 2.45) is 5.73 Å². The number of ether oxygens (including phenoxy) is 3. The highest BCUT2D eigenvalue weighted by Gasteiger charge is 2.54. The molecule has 1 aromatic rings. The van der Waals surface area contributed by atoms with Gasteiger partial charge in [0.1, 0.15) is 29.7 Å². The second kappa shape index (κ2) is 8.81. The Balaban J connectivity index is 1.63. The number of hydrogen-bond acceptors (Lipinski definition) is 7. The van der Waals surface area contributed by atoms with Crippen LogP contribution in [0.3, 0.4) is 0 Å². The average molecular weight is 470 g/mol. The van der Waals surface area contributed by atoms with Gasteiger partial charge >= 0.3 is 6.36 Å². The lowest BCUT2D eigenvalue weighted by atomic mass is 9.86. The number of amides is 1. The van der Waals surface area contributed by atoms with Gasteiger partial charge in [-0.05, 0) is 18.2 Å². The molecule has 2 fully saturated rings. The fraction of sp³-hybridized carbons (Fsp3) is 0.529. The van der Waals surface area contributed by atoms with Gasteiger partial charge in [-0.3, -0.25) is 9.53 Å². The molecular weight excluding hydrogens is 451 g/mol. The summed E-state index contributed by atoms with van der Waals surface area (Å²) in [6.07, 6.45) is -4.42. The zero-order valence-electron chi connectivity index (χ0n) is 15.5. The number of fused-ring (bicyclic) bond motifs is 1. The molecule has 2 atom stereocenters. The highest BCUT2D eigenvalue weighted by Crippen LogP contribution is 2.36. The van der Waals surface area contributed by atoms with E-state index in [1.54, 1.807) is 0 Å². The van der Waals surface area contributed by atoms with Crippen molar-refractivity contribution >= 4 is 34.7 Å². The molecule has 2 heterocycles. The third-order valence-electron chi connectivity index (χ3n) is 4.99. The van der Waals surface area contributed by atoms with Gasteiger partial charge in [-0.2, -0.15) is 5.06 Å². The molecule has 13 heteroatoms. The van der Waals surface area contributed by atoms with E-state index in [4.69, 9.17) is 39.0 Å². The third-order valence-corrected chi connectivity index (χ3v) is 5.63. The van der Waals surface area contributed by atoms with Crippen LogP contribution in [0.15, 0.2) is 18.2 Å². The highest BCUT2D eigenvalue weighted by atomic mass is 35.5. The smallest absolute Gasteiger partial charge is 0.490 e. The van der Waals surface area contributed by atoms with E-state index in [1.807, 2.05) is 0 Å². The summed E-state index contributed by atoms with van der Waals surface area (Å²) in [5.74, 6) is -0.225. The lowest BCUT2D eigenvalue weighted by Crippen LogP contribution is -2.63. The van der Waals surface area contributed by atoms with Crippen LogP contribution in [0.4, 0.5) is 13.2 Å². The van der Waals surface area contributed by atoms with E-state index in [0.29, 0.717) is 13.0 Å². The zero-order chi connectivity index (χ0) is 22.1. The molecule has 8 nitrogen and oxygen atoms in total. The number of thiocarbonyl (C=S) groups is 1. The van der Waals surface area contributed by atoms with E-state index >= 15 is 0 Å². The Morgan fingerprint density at radius 2 is 2.17 bits per heavy atom. The van der Waals surface area contributed by atoms with Gasteiger partial charge in [-0.15, -0.1) is 13.2 Å². The summed E-state index contributed by atoms with van der Waals surface area (Å²) in [6.45, 7) is -0.698. The van der Waals surface area contributed by atoms with Crippen LogP contribution in [0.5, 0.6) is 5.75 Å². The van der Waals surface area contributed by atoms with Crippen LogP contribution >= 0.6 is 23.8 Å². The Labute approximate surface area is 180 Å². The second-order valence-corrected chi connectivity index (χ2v) is 7.62. The normalized spacial score (nSPS) is 24.6. The van der Waals surface area contributed by atoms with Gasteiger partial charge in [0.2, 0.25) is 0 Å². The van der Waals surface area contributed by atoms with Crippen LogP contribution < -0.4 is 10.5 Å². The van der Waals surface area contributed by atoms with E-state index < -0.39 is 24.6 Å². The maximum Gasteiger partial charge on any atom is 0.522 e. The minimum absolute atomic E-state index is 0.0651. The van der Waals surface area contributed by atoms with Crippen LogP contribution in [0, 0.1) is 0 Å². The number of rotatable bonds is 6. The fourth-order valence-electron chi connectivity index (χ4n) is 3.48. The van der Waals surface area contributed by atoms with Crippen molar-refractivity contribution in [2.45, 2.75) is 24.4 Å². The summed E-state index contributed by atoms with van der Waals surface area (Å²) in [7, 11) is 0. The topological polar surface area (TPSA) is 97.5 Å². The first-order valence-electron chi connectivity index (χ1n) is 8.85. The van der Waals surface area contributed by atoms with Crippen LogP contribution in [0.2, 0.25) is 5.02 Å². The van der Waals surface area contributed by atoms with Crippen molar-refractivity contribution in [3.63, 3.8) is 0 Å². The minimum atomic E-state index is -4.74. The molecule has 1 amide bonds. The van der Waals surface area contributed by atoms with E-state index in [0.717, 1.165) is 5.06 Å². The number of likely N-dealkylation sites (tertiary alicyclic amines) is 1. The standard InChI is InChI=1S/C17H19ClF3N3O5S/c18-11-7-10(1-2-12(11)27-5-6-28-17(19,20)21)14(25)23-4-3-16(15(22)30)13(8-23)24(26)9-29-16/h1-2,7,13,26H,3-6,8-9H2,(H2,22,30). The molecule has 2 aliphatic heterocycles. The molecule has 3 rings (SSSR count). The number of carbonyl (C=O) groups is 1. The fourth-order valence-corrected chi connectivity index (χ4v) is 4.01. The summed E-state index contributed by atoms with van der Waals surface area (Å²) in [5.41, 5.74) is 5.07. The summed E-state index contributed by atoms with van der Waals surface area (Å²) in [6, 6.07) is 3.61. The molecule has 2 saturated heterocycles. The van der Waals surface area contributed by atoms with Crippen LogP contribution in [-0.2, 0) is 9.47 Å². The molecule has 0 saturated carbocycles. The molecule has 0 spiro atoms. The van der Waals surface area contributed by atoms with E-state index in [2.05, 4.69) is 4.74 Å². The molecule has 2 aliphatic rings. The lowest BCUT2D eigenvalue weighted by Gasteiger charge is -2.42. The Kier molecular flexibility index (Phi) is 6.75. The van der Waals surface area contributed by atoms with Crippen molar-refractivity contribution in [3.8, 4) is 5.75 Å². The molecule has 0 bridgehead atoms. The Bertz CT molecular complexity index is 830. The quantitative estimate of drug-likeness (QED) is 0.483. The monoisotopic (exact) mass is 469 g/mol. The van der Waals surface area contributed by atoms with Crippen LogP contribution in [0.25, 0.3) is 0 Å². The number of nitrogens with two attached hydrogens (primary N) is 1. The number of hydroxylamine groups is 2. The number of hydrogen-bond donors (Lipinski definition) is 2. The molecule has 2 unspecified atom stereocenters. The lowest BCUT2D eigenvalue weighted by molar-refractivity contribution is -0.325. The number of piperidine rings is 1. The van der Waals surface area contributed by atoms with Crippen molar-refractivity contribution in [1.29, 1.82) is 0 Å². The predicted molar refractivity (Wildman–Crippen MR) is 102 cm³/mol. The summed E-state index contributed by atoms with van der Waals surface area (Å²) in [4.78, 5) is 14.5. The van der Waals surface area contributed by atoms with Gasteiger partial charge in [0.25, 0.3) is 5.91 Å². The van der Waals surface area contributed by atoms with Gasteiger partial charge in [0.05, 0.1) is 17.7 Å². The second-order valence-electron chi connectivity index (χ2n) is 6.77. The van der Waals surface area contributed by atoms with Gasteiger partial charge in [0.15, 0.2) is 0 Å². The van der Waals surface area contributed by atoms with Crippen molar-refractivity contribution in [3.05, 3.63) is 28.8 Å². The molecular formula is C17H19ClF3N3O5S. The van der Waals surface area contributed by atoms with Crippen molar-refractivity contribution in [1.82, 2.24) is 9.96 Å². The van der Waals surface area contributed by atoms with Crippen molar-refractivity contribution < 1.29 is 37.4 Å². The summed E-state index contributed by atoms with van der Waals surface area (Å²) < 4.78 is 50.3. The maximum absolute atomic E-state index is 12.9. The Morgan fingerprint density at radius 1 is 1.43 bits per heavy atom. The Hall–Kier alpha value is -1.70. The first-order valence-corrected chi connectivity index (χ1v) is 9.64. The van der Waals surface area contributed by atoms with Gasteiger partial charge < -0.3 is 25.3 Å². The molecule has 3 N–H and O–H groups in total. The molecule has 1 aromatic carbocycles. The van der Waals surface area contributed by atoms with Crippen LogP contribution in [-0.4, -0.2) is 77.1 Å². The first-order chi connectivity index (χ1) is 14.0. The van der Waals surface area contributed by atoms with Gasteiger partial charge in [-0.25, -0.2) is 0 Å². The molecule has 166 valence electrons. The number of carbonyl (C=O) groups excluding carboxylic acids is 1. The molecule has 0 radical (unpaired) electrons. The van der Waals surface area contributed by atoms with E-state index in [-0.39, 0.29) is 47.1 Å². The van der Waals surface area contributed by atoms with Crippen LogP contribution in [0.1, 0.15) is 16.8 Å². The zero-order valence-corrected chi connectivity index (χ0v) is 17.1.